The molecule has 0 radical (unpaired) electrons. The second-order valence-corrected chi connectivity index (χ2v) is 10.4. The Balaban J connectivity index is 1.97. The van der Waals surface area contributed by atoms with Crippen LogP contribution in [0.2, 0.25) is 0 Å². The molecular weight excluding hydrogens is 540 g/mol. The lowest BCUT2D eigenvalue weighted by atomic mass is 10.1. The van der Waals surface area contributed by atoms with Gasteiger partial charge in [-0.15, -0.1) is 0 Å². The molecular formula is C28H34N2O9S. The van der Waals surface area contributed by atoms with Gasteiger partial charge in [-0.05, 0) is 54.1 Å². The van der Waals surface area contributed by atoms with Gasteiger partial charge in [-0.25, -0.2) is 8.42 Å². The topological polar surface area (TPSA) is 113 Å². The summed E-state index contributed by atoms with van der Waals surface area (Å²) >= 11 is 0. The summed E-state index contributed by atoms with van der Waals surface area (Å²) in [4.78, 5) is 14.8. The average molecular weight is 575 g/mol. The van der Waals surface area contributed by atoms with Crippen LogP contribution in [0.25, 0.3) is 0 Å². The number of hydrogen-bond donors (Lipinski definition) is 0. The fraction of sp³-hybridized carbons (Fsp3) is 0.321. The molecule has 0 unspecified atom stereocenters. The van der Waals surface area contributed by atoms with Gasteiger partial charge in [0.25, 0.3) is 10.0 Å². The van der Waals surface area contributed by atoms with E-state index in [1.165, 1.54) is 65.8 Å². The second-order valence-electron chi connectivity index (χ2n) is 8.51. The zero-order chi connectivity index (χ0) is 29.4. The molecule has 0 spiro atoms. The van der Waals surface area contributed by atoms with Crippen LogP contribution in [0, 0.1) is 0 Å². The van der Waals surface area contributed by atoms with Crippen molar-refractivity contribution in [2.45, 2.75) is 11.4 Å². The number of rotatable bonds is 13. The lowest BCUT2D eigenvalue weighted by Crippen LogP contribution is -2.41. The van der Waals surface area contributed by atoms with Gasteiger partial charge in [0.15, 0.2) is 23.0 Å². The number of anilines is 1. The smallest absolute Gasteiger partial charge is 0.264 e. The minimum Gasteiger partial charge on any atom is -0.497 e. The van der Waals surface area contributed by atoms with E-state index in [1.54, 1.807) is 43.4 Å². The van der Waals surface area contributed by atoms with Crippen LogP contribution in [0.5, 0.6) is 34.5 Å². The van der Waals surface area contributed by atoms with Crippen molar-refractivity contribution in [1.82, 2.24) is 4.90 Å². The van der Waals surface area contributed by atoms with Crippen LogP contribution in [0.15, 0.2) is 59.5 Å². The highest BCUT2D eigenvalue weighted by molar-refractivity contribution is 7.92. The van der Waals surface area contributed by atoms with E-state index < -0.39 is 22.5 Å². The Hall–Kier alpha value is -4.32. The zero-order valence-electron chi connectivity index (χ0n) is 23.6. The number of carbonyl (C=O) groups is 1. The lowest BCUT2D eigenvalue weighted by molar-refractivity contribution is -0.128. The number of sulfonamides is 1. The number of carbonyl (C=O) groups excluding carboxylic acids is 1. The predicted molar refractivity (Wildman–Crippen MR) is 150 cm³/mol. The van der Waals surface area contributed by atoms with Gasteiger partial charge in [-0.1, -0.05) is 0 Å². The van der Waals surface area contributed by atoms with Gasteiger partial charge in [-0.2, -0.15) is 0 Å². The Morgan fingerprint density at radius 1 is 0.700 bits per heavy atom. The molecule has 0 atom stereocenters. The van der Waals surface area contributed by atoms with Crippen molar-refractivity contribution in [2.24, 2.45) is 0 Å². The minimum absolute atomic E-state index is 0.0685. The number of amides is 1. The normalized spacial score (nSPS) is 10.9. The maximum absolute atomic E-state index is 13.9. The third-order valence-electron chi connectivity index (χ3n) is 6.15. The first-order chi connectivity index (χ1) is 19.1. The van der Waals surface area contributed by atoms with Crippen LogP contribution in [0.4, 0.5) is 5.69 Å². The Morgan fingerprint density at radius 3 is 1.77 bits per heavy atom. The van der Waals surface area contributed by atoms with Crippen LogP contribution >= 0.6 is 0 Å². The number of methoxy groups -OCH3 is 6. The summed E-state index contributed by atoms with van der Waals surface area (Å²) in [5.74, 6) is 2.01. The van der Waals surface area contributed by atoms with E-state index in [-0.39, 0.29) is 22.9 Å². The standard InChI is InChI=1S/C28H34N2O9S/c1-29(17-19-14-25(37-5)28(39-7)26(15-19)38-6)27(31)18-30(20-8-10-21(34-2)11-9-20)40(32,33)22-12-13-23(35-3)24(16-22)36-4/h8-16H,17-18H2,1-7H3. The molecule has 0 saturated heterocycles. The van der Waals surface area contributed by atoms with Crippen LogP contribution < -0.4 is 32.7 Å². The van der Waals surface area contributed by atoms with Crippen LogP contribution in [0.1, 0.15) is 5.56 Å². The lowest BCUT2D eigenvalue weighted by Gasteiger charge is -2.27. The van der Waals surface area contributed by atoms with Crippen LogP contribution in [-0.2, 0) is 21.4 Å². The first-order valence-electron chi connectivity index (χ1n) is 12.0. The molecule has 0 heterocycles. The monoisotopic (exact) mass is 574 g/mol. The Bertz CT molecular complexity index is 1400. The summed E-state index contributed by atoms with van der Waals surface area (Å²) in [5, 5.41) is 0. The quantitative estimate of drug-likeness (QED) is 0.302. The van der Waals surface area contributed by atoms with Gasteiger partial charge in [0.05, 0.1) is 53.2 Å². The predicted octanol–water partition coefficient (Wildman–Crippen LogP) is 3.59. The summed E-state index contributed by atoms with van der Waals surface area (Å²) in [5.41, 5.74) is 0.981. The molecule has 3 aromatic carbocycles. The highest BCUT2D eigenvalue weighted by Crippen LogP contribution is 2.38. The van der Waals surface area contributed by atoms with E-state index in [2.05, 4.69) is 0 Å². The van der Waals surface area contributed by atoms with E-state index in [1.807, 2.05) is 0 Å². The van der Waals surface area contributed by atoms with Crippen molar-refractivity contribution >= 4 is 21.6 Å². The highest BCUT2D eigenvalue weighted by atomic mass is 32.2. The molecule has 0 N–H and O–H groups in total. The van der Waals surface area contributed by atoms with E-state index in [9.17, 15) is 13.2 Å². The summed E-state index contributed by atoms with van der Waals surface area (Å²) in [6.07, 6.45) is 0. The summed E-state index contributed by atoms with van der Waals surface area (Å²) in [7, 11) is 6.26. The molecule has 1 amide bonds. The molecule has 12 heteroatoms. The summed E-state index contributed by atoms with van der Waals surface area (Å²) in [6, 6.07) is 14.1. The maximum Gasteiger partial charge on any atom is 0.264 e. The molecule has 0 aromatic heterocycles. The molecule has 40 heavy (non-hydrogen) atoms. The van der Waals surface area contributed by atoms with Crippen molar-refractivity contribution < 1.29 is 41.6 Å². The van der Waals surface area contributed by atoms with Gasteiger partial charge in [0, 0.05) is 19.7 Å². The molecule has 0 aliphatic carbocycles. The van der Waals surface area contributed by atoms with E-state index in [0.29, 0.717) is 34.3 Å². The Morgan fingerprint density at radius 2 is 1.27 bits per heavy atom. The van der Waals surface area contributed by atoms with Crippen LogP contribution in [-0.4, -0.2) is 75.5 Å². The number of nitrogens with zero attached hydrogens (tertiary/aromatic N) is 2. The van der Waals surface area contributed by atoms with Crippen molar-refractivity contribution in [2.75, 3.05) is 60.6 Å². The summed E-state index contributed by atoms with van der Waals surface area (Å²) in [6.45, 7) is -0.313. The second kappa shape index (κ2) is 13.2. The van der Waals surface area contributed by atoms with E-state index in [0.717, 1.165) is 4.31 Å². The van der Waals surface area contributed by atoms with Crippen molar-refractivity contribution in [3.05, 3.63) is 60.2 Å². The number of hydrogen-bond acceptors (Lipinski definition) is 9. The number of likely N-dealkylation sites (N-methyl/N-ethyl adjacent to an activating group) is 1. The fourth-order valence-electron chi connectivity index (χ4n) is 4.00. The average Bonchev–Trinajstić information content (AvgIpc) is 2.98. The summed E-state index contributed by atoms with van der Waals surface area (Å²) < 4.78 is 60.8. The molecule has 0 aliphatic heterocycles. The van der Waals surface area contributed by atoms with Crippen molar-refractivity contribution in [3.63, 3.8) is 0 Å². The van der Waals surface area contributed by atoms with E-state index in [4.69, 9.17) is 28.4 Å². The SMILES string of the molecule is COc1ccc(N(CC(=O)N(C)Cc2cc(OC)c(OC)c(OC)c2)S(=O)(=O)c2ccc(OC)c(OC)c2)cc1. The molecule has 3 rings (SSSR count). The molecule has 216 valence electrons. The first-order valence-corrected chi connectivity index (χ1v) is 13.5. The van der Waals surface area contributed by atoms with Gasteiger partial charge in [0.2, 0.25) is 11.7 Å². The van der Waals surface area contributed by atoms with Gasteiger partial charge < -0.3 is 33.3 Å². The van der Waals surface area contributed by atoms with E-state index >= 15 is 0 Å². The molecule has 3 aromatic rings. The molecule has 0 aliphatic rings. The third-order valence-corrected chi connectivity index (χ3v) is 7.92. The largest absolute Gasteiger partial charge is 0.497 e. The molecule has 0 fully saturated rings. The maximum atomic E-state index is 13.9. The third kappa shape index (κ3) is 6.45. The highest BCUT2D eigenvalue weighted by Gasteiger charge is 2.29. The Labute approximate surface area is 234 Å². The molecule has 0 saturated carbocycles. The fourth-order valence-corrected chi connectivity index (χ4v) is 5.43. The first kappa shape index (κ1) is 30.2. The molecule has 0 bridgehead atoms. The van der Waals surface area contributed by atoms with Gasteiger partial charge >= 0.3 is 0 Å². The van der Waals surface area contributed by atoms with Crippen molar-refractivity contribution in [1.29, 1.82) is 0 Å². The molecule has 11 nitrogen and oxygen atoms in total. The number of ether oxygens (including phenoxy) is 6. The van der Waals surface area contributed by atoms with Crippen molar-refractivity contribution in [3.8, 4) is 34.5 Å². The van der Waals surface area contributed by atoms with Gasteiger partial charge in [0.1, 0.15) is 12.3 Å². The van der Waals surface area contributed by atoms with Crippen LogP contribution in [0.3, 0.4) is 0 Å². The van der Waals surface area contributed by atoms with Gasteiger partial charge in [-0.3, -0.25) is 9.10 Å². The zero-order valence-corrected chi connectivity index (χ0v) is 24.4. The minimum atomic E-state index is -4.21. The number of benzene rings is 3. The Kier molecular flexibility index (Phi) is 9.94.